The minimum Gasteiger partial charge on any atom is -0.314 e. The molecule has 0 aromatic heterocycles. The van der Waals surface area contributed by atoms with Crippen LogP contribution in [0.3, 0.4) is 0 Å². The van der Waals surface area contributed by atoms with Gasteiger partial charge in [0.25, 0.3) is 0 Å². The molecule has 1 heteroatoms. The van der Waals surface area contributed by atoms with Gasteiger partial charge in [-0.15, -0.1) is 0 Å². The molecule has 0 aromatic rings. The third-order valence-electron chi connectivity index (χ3n) is 3.78. The fourth-order valence-electron chi connectivity index (χ4n) is 2.48. The van der Waals surface area contributed by atoms with Gasteiger partial charge in [0.1, 0.15) is 0 Å². The second-order valence-corrected chi connectivity index (χ2v) is 5.04. The molecule has 0 radical (unpaired) electrons. The summed E-state index contributed by atoms with van der Waals surface area (Å²) >= 11 is 0. The van der Waals surface area contributed by atoms with Crippen LogP contribution in [0, 0.1) is 11.8 Å². The predicted molar refractivity (Wildman–Crippen MR) is 56.8 cm³/mol. The molecule has 2 fully saturated rings. The molecule has 1 N–H and O–H groups in total. The molecular formula is C12H23N. The number of rotatable bonds is 4. The Hall–Kier alpha value is -0.0400. The van der Waals surface area contributed by atoms with Crippen molar-refractivity contribution < 1.29 is 0 Å². The van der Waals surface area contributed by atoms with Gasteiger partial charge >= 0.3 is 0 Å². The lowest BCUT2D eigenvalue weighted by Gasteiger charge is -2.28. The van der Waals surface area contributed by atoms with Gasteiger partial charge in [-0.1, -0.05) is 19.3 Å². The van der Waals surface area contributed by atoms with Gasteiger partial charge in [0.15, 0.2) is 0 Å². The van der Waals surface area contributed by atoms with Crippen molar-refractivity contribution in [3.63, 3.8) is 0 Å². The zero-order chi connectivity index (χ0) is 9.10. The van der Waals surface area contributed by atoms with Crippen LogP contribution in [0.4, 0.5) is 0 Å². The van der Waals surface area contributed by atoms with Gasteiger partial charge in [-0.05, 0) is 51.0 Å². The van der Waals surface area contributed by atoms with Crippen molar-refractivity contribution in [3.05, 3.63) is 0 Å². The van der Waals surface area contributed by atoms with Crippen molar-refractivity contribution in [1.29, 1.82) is 0 Å². The Labute approximate surface area is 82.3 Å². The van der Waals surface area contributed by atoms with Crippen LogP contribution in [-0.4, -0.2) is 12.6 Å². The fraction of sp³-hybridized carbons (Fsp3) is 1.00. The smallest absolute Gasteiger partial charge is 0.00671 e. The molecule has 0 aromatic carbocycles. The molecule has 0 spiro atoms. The predicted octanol–water partition coefficient (Wildman–Crippen LogP) is 2.95. The number of hydrogen-bond acceptors (Lipinski definition) is 1. The Morgan fingerprint density at radius 2 is 1.77 bits per heavy atom. The highest BCUT2D eigenvalue weighted by Crippen LogP contribution is 2.29. The zero-order valence-corrected chi connectivity index (χ0v) is 8.89. The second kappa shape index (κ2) is 4.45. The van der Waals surface area contributed by atoms with Crippen molar-refractivity contribution in [2.45, 2.75) is 57.9 Å². The molecule has 2 aliphatic carbocycles. The van der Waals surface area contributed by atoms with Crippen LogP contribution in [0.15, 0.2) is 0 Å². The minimum absolute atomic E-state index is 0.779. The van der Waals surface area contributed by atoms with Crippen molar-refractivity contribution in [2.24, 2.45) is 11.8 Å². The van der Waals surface area contributed by atoms with Crippen molar-refractivity contribution in [3.8, 4) is 0 Å². The van der Waals surface area contributed by atoms with E-state index in [1.54, 1.807) is 0 Å². The van der Waals surface area contributed by atoms with Gasteiger partial charge in [0.2, 0.25) is 0 Å². The molecular weight excluding hydrogens is 158 g/mol. The van der Waals surface area contributed by atoms with E-state index in [0.29, 0.717) is 0 Å². The zero-order valence-electron chi connectivity index (χ0n) is 8.89. The van der Waals surface area contributed by atoms with E-state index in [0.717, 1.165) is 17.9 Å². The van der Waals surface area contributed by atoms with Gasteiger partial charge in [0.05, 0.1) is 0 Å². The Morgan fingerprint density at radius 1 is 1.08 bits per heavy atom. The molecule has 2 aliphatic rings. The minimum atomic E-state index is 0.779. The van der Waals surface area contributed by atoms with Crippen molar-refractivity contribution in [2.75, 3.05) is 6.54 Å². The Bertz CT molecular complexity index is 145. The molecule has 1 nitrogen and oxygen atoms in total. The molecule has 13 heavy (non-hydrogen) atoms. The lowest BCUT2D eigenvalue weighted by molar-refractivity contribution is 0.280. The normalized spacial score (nSPS) is 27.5. The average Bonchev–Trinajstić information content (AvgIpc) is 2.99. The van der Waals surface area contributed by atoms with Crippen LogP contribution < -0.4 is 5.32 Å². The lowest BCUT2D eigenvalue weighted by Crippen LogP contribution is -2.35. The van der Waals surface area contributed by atoms with Crippen molar-refractivity contribution in [1.82, 2.24) is 5.32 Å². The molecule has 0 amide bonds. The summed E-state index contributed by atoms with van der Waals surface area (Å²) in [7, 11) is 0. The standard InChI is InChI=1S/C12H23N/c1-10(13-9-11-7-8-11)12-5-3-2-4-6-12/h10-13H,2-9H2,1H3/t10-/m1/s1. The van der Waals surface area contributed by atoms with Crippen molar-refractivity contribution >= 4 is 0 Å². The monoisotopic (exact) mass is 181 g/mol. The summed E-state index contributed by atoms with van der Waals surface area (Å²) in [5.74, 6) is 2.01. The number of hydrogen-bond donors (Lipinski definition) is 1. The molecule has 76 valence electrons. The van der Waals surface area contributed by atoms with E-state index in [1.165, 1.54) is 51.5 Å². The van der Waals surface area contributed by atoms with Crippen LogP contribution in [0.5, 0.6) is 0 Å². The highest BCUT2D eigenvalue weighted by atomic mass is 14.9. The quantitative estimate of drug-likeness (QED) is 0.703. The Kier molecular flexibility index (Phi) is 3.26. The topological polar surface area (TPSA) is 12.0 Å². The third kappa shape index (κ3) is 2.98. The summed E-state index contributed by atoms with van der Waals surface area (Å²) in [6.07, 6.45) is 10.3. The molecule has 0 heterocycles. The molecule has 2 rings (SSSR count). The van der Waals surface area contributed by atoms with E-state index in [4.69, 9.17) is 0 Å². The Balaban J connectivity index is 1.64. The van der Waals surface area contributed by atoms with E-state index in [-0.39, 0.29) is 0 Å². The first-order chi connectivity index (χ1) is 6.36. The average molecular weight is 181 g/mol. The third-order valence-corrected chi connectivity index (χ3v) is 3.78. The van der Waals surface area contributed by atoms with Crippen LogP contribution >= 0.6 is 0 Å². The summed E-state index contributed by atoms with van der Waals surface area (Å²) in [4.78, 5) is 0. The van der Waals surface area contributed by atoms with E-state index in [9.17, 15) is 0 Å². The largest absolute Gasteiger partial charge is 0.314 e. The highest BCUT2D eigenvalue weighted by molar-refractivity contribution is 4.80. The van der Waals surface area contributed by atoms with Gasteiger partial charge in [-0.2, -0.15) is 0 Å². The highest BCUT2D eigenvalue weighted by Gasteiger charge is 2.24. The van der Waals surface area contributed by atoms with E-state index < -0.39 is 0 Å². The van der Waals surface area contributed by atoms with E-state index in [1.807, 2.05) is 0 Å². The molecule has 0 aliphatic heterocycles. The van der Waals surface area contributed by atoms with Crippen LogP contribution in [0.1, 0.15) is 51.9 Å². The maximum absolute atomic E-state index is 3.71. The van der Waals surface area contributed by atoms with Gasteiger partial charge in [-0.3, -0.25) is 0 Å². The van der Waals surface area contributed by atoms with E-state index >= 15 is 0 Å². The van der Waals surface area contributed by atoms with Crippen LogP contribution in [-0.2, 0) is 0 Å². The molecule has 0 bridgehead atoms. The number of nitrogens with one attached hydrogen (secondary N) is 1. The molecule has 1 atom stereocenters. The lowest BCUT2D eigenvalue weighted by atomic mass is 9.84. The molecule has 0 saturated heterocycles. The first kappa shape index (κ1) is 9.51. The maximum atomic E-state index is 3.71. The van der Waals surface area contributed by atoms with Crippen LogP contribution in [0.2, 0.25) is 0 Å². The summed E-state index contributed by atoms with van der Waals surface area (Å²) in [6.45, 7) is 3.68. The second-order valence-electron chi connectivity index (χ2n) is 5.04. The summed E-state index contributed by atoms with van der Waals surface area (Å²) < 4.78 is 0. The summed E-state index contributed by atoms with van der Waals surface area (Å²) in [5.41, 5.74) is 0. The molecule has 0 unspecified atom stereocenters. The van der Waals surface area contributed by atoms with Gasteiger partial charge < -0.3 is 5.32 Å². The maximum Gasteiger partial charge on any atom is 0.00671 e. The SMILES string of the molecule is C[C@@H](NCC1CC1)C1CCCCC1. The van der Waals surface area contributed by atoms with E-state index in [2.05, 4.69) is 12.2 Å². The summed E-state index contributed by atoms with van der Waals surface area (Å²) in [5, 5.41) is 3.71. The fourth-order valence-corrected chi connectivity index (χ4v) is 2.48. The molecule has 2 saturated carbocycles. The summed E-state index contributed by atoms with van der Waals surface area (Å²) in [6, 6.07) is 0.779. The van der Waals surface area contributed by atoms with Crippen LogP contribution in [0.25, 0.3) is 0 Å². The first-order valence-corrected chi connectivity index (χ1v) is 6.09. The van der Waals surface area contributed by atoms with Gasteiger partial charge in [-0.25, -0.2) is 0 Å². The first-order valence-electron chi connectivity index (χ1n) is 6.09. The van der Waals surface area contributed by atoms with Gasteiger partial charge in [0, 0.05) is 6.04 Å². The Morgan fingerprint density at radius 3 is 2.38 bits per heavy atom.